The van der Waals surface area contributed by atoms with E-state index in [-0.39, 0.29) is 11.9 Å². The molecule has 0 saturated carbocycles. The molecule has 2 saturated heterocycles. The number of hydrogen-bond donors (Lipinski definition) is 1. The highest BCUT2D eigenvalue weighted by Gasteiger charge is 2.38. The monoisotopic (exact) mass is 355 g/mol. The predicted octanol–water partition coefficient (Wildman–Crippen LogP) is 2.33. The minimum Gasteiger partial charge on any atom is -0.375 e. The van der Waals surface area contributed by atoms with Crippen LogP contribution in [0.4, 0.5) is 0 Å². The lowest BCUT2D eigenvalue weighted by Gasteiger charge is -2.36. The molecule has 3 atom stereocenters. The zero-order valence-corrected chi connectivity index (χ0v) is 15.9. The molecule has 2 aliphatic rings. The van der Waals surface area contributed by atoms with Crippen molar-refractivity contribution in [2.45, 2.75) is 44.9 Å². The molecule has 0 radical (unpaired) electrons. The van der Waals surface area contributed by atoms with Gasteiger partial charge in [-0.25, -0.2) is 0 Å². The van der Waals surface area contributed by atoms with Crippen molar-refractivity contribution in [2.24, 2.45) is 13.0 Å². The molecule has 0 unspecified atom stereocenters. The standard InChI is InChI=1S/C21H29N3O2/c1-14(2)20-12-24-11-16(9-17(24)13-26-20)22-21(25)8-15-10-23(3)19-7-5-4-6-18(15)19/h4-7,10,14,16-17,20H,8-9,11-13H2,1-3H3,(H,22,25)/t16-,17+,20-/m1/s1. The van der Waals surface area contributed by atoms with Crippen molar-refractivity contribution in [2.75, 3.05) is 19.7 Å². The summed E-state index contributed by atoms with van der Waals surface area (Å²) in [6.45, 7) is 7.14. The van der Waals surface area contributed by atoms with Gasteiger partial charge in [-0.2, -0.15) is 0 Å². The Morgan fingerprint density at radius 2 is 2.12 bits per heavy atom. The minimum absolute atomic E-state index is 0.118. The topological polar surface area (TPSA) is 46.5 Å². The number of hydrogen-bond acceptors (Lipinski definition) is 3. The Hall–Kier alpha value is -1.85. The minimum atomic E-state index is 0.118. The molecule has 4 rings (SSSR count). The number of carbonyl (C=O) groups is 1. The van der Waals surface area contributed by atoms with Crippen LogP contribution in [0.2, 0.25) is 0 Å². The van der Waals surface area contributed by atoms with Gasteiger partial charge in [0.2, 0.25) is 5.91 Å². The van der Waals surface area contributed by atoms with E-state index in [1.807, 2.05) is 19.2 Å². The van der Waals surface area contributed by atoms with Crippen LogP contribution in [0.15, 0.2) is 30.5 Å². The van der Waals surface area contributed by atoms with E-state index in [0.29, 0.717) is 24.5 Å². The summed E-state index contributed by atoms with van der Waals surface area (Å²) in [4.78, 5) is 15.1. The van der Waals surface area contributed by atoms with Crippen LogP contribution in [0.25, 0.3) is 10.9 Å². The first kappa shape index (κ1) is 17.6. The highest BCUT2D eigenvalue weighted by Crippen LogP contribution is 2.26. The van der Waals surface area contributed by atoms with E-state index in [0.717, 1.165) is 31.7 Å². The lowest BCUT2D eigenvalue weighted by molar-refractivity contribution is -0.121. The van der Waals surface area contributed by atoms with Crippen molar-refractivity contribution >= 4 is 16.8 Å². The van der Waals surface area contributed by atoms with Crippen molar-refractivity contribution in [3.05, 3.63) is 36.0 Å². The average molecular weight is 355 g/mol. The van der Waals surface area contributed by atoms with Gasteiger partial charge in [0.05, 0.1) is 19.1 Å². The molecule has 0 bridgehead atoms. The Kier molecular flexibility index (Phi) is 4.76. The molecule has 1 aromatic carbocycles. The van der Waals surface area contributed by atoms with E-state index < -0.39 is 0 Å². The molecule has 3 heterocycles. The summed E-state index contributed by atoms with van der Waals surface area (Å²) in [5.74, 6) is 0.656. The van der Waals surface area contributed by atoms with Gasteiger partial charge in [-0.3, -0.25) is 9.69 Å². The first-order valence-corrected chi connectivity index (χ1v) is 9.69. The van der Waals surface area contributed by atoms with Gasteiger partial charge in [-0.15, -0.1) is 0 Å². The third-order valence-electron chi connectivity index (χ3n) is 5.88. The van der Waals surface area contributed by atoms with Crippen molar-refractivity contribution < 1.29 is 9.53 Å². The maximum absolute atomic E-state index is 12.6. The fraction of sp³-hybridized carbons (Fsp3) is 0.571. The van der Waals surface area contributed by atoms with Gasteiger partial charge in [-0.1, -0.05) is 32.0 Å². The molecule has 1 N–H and O–H groups in total. The molecule has 1 aromatic heterocycles. The SMILES string of the molecule is CC(C)[C@H]1CN2C[C@H](NC(=O)Cc3cn(C)c4ccccc34)C[C@H]2CO1. The summed E-state index contributed by atoms with van der Waals surface area (Å²) in [5, 5.41) is 4.43. The summed E-state index contributed by atoms with van der Waals surface area (Å²) < 4.78 is 8.09. The number of amides is 1. The third kappa shape index (κ3) is 3.38. The molecule has 5 heteroatoms. The van der Waals surface area contributed by atoms with Gasteiger partial charge in [0.1, 0.15) is 0 Å². The van der Waals surface area contributed by atoms with Gasteiger partial charge in [-0.05, 0) is 24.0 Å². The first-order valence-electron chi connectivity index (χ1n) is 9.69. The number of carbonyl (C=O) groups excluding carboxylic acids is 1. The van der Waals surface area contributed by atoms with Crippen LogP contribution in [0.5, 0.6) is 0 Å². The van der Waals surface area contributed by atoms with Gasteiger partial charge in [0, 0.05) is 49.3 Å². The number of nitrogens with one attached hydrogen (secondary N) is 1. The Balaban J connectivity index is 1.37. The molecule has 0 aliphatic carbocycles. The second-order valence-corrected chi connectivity index (χ2v) is 8.18. The second kappa shape index (κ2) is 7.05. The largest absolute Gasteiger partial charge is 0.375 e. The summed E-state index contributed by atoms with van der Waals surface area (Å²) in [5.41, 5.74) is 2.27. The lowest BCUT2D eigenvalue weighted by atomic mass is 10.0. The second-order valence-electron chi connectivity index (χ2n) is 8.18. The fourth-order valence-corrected chi connectivity index (χ4v) is 4.43. The summed E-state index contributed by atoms with van der Waals surface area (Å²) >= 11 is 0. The molecule has 1 amide bonds. The van der Waals surface area contributed by atoms with Crippen LogP contribution in [-0.2, 0) is 23.0 Å². The Morgan fingerprint density at radius 3 is 2.92 bits per heavy atom. The third-order valence-corrected chi connectivity index (χ3v) is 5.88. The van der Waals surface area contributed by atoms with Gasteiger partial charge < -0.3 is 14.6 Å². The fourth-order valence-electron chi connectivity index (χ4n) is 4.43. The molecular weight excluding hydrogens is 326 g/mol. The first-order chi connectivity index (χ1) is 12.5. The van der Waals surface area contributed by atoms with Crippen LogP contribution in [0, 0.1) is 5.92 Å². The quantitative estimate of drug-likeness (QED) is 0.916. The molecular formula is C21H29N3O2. The highest BCUT2D eigenvalue weighted by molar-refractivity contribution is 5.89. The maximum atomic E-state index is 12.6. The molecule has 2 aliphatic heterocycles. The van der Waals surface area contributed by atoms with Gasteiger partial charge >= 0.3 is 0 Å². The highest BCUT2D eigenvalue weighted by atomic mass is 16.5. The predicted molar refractivity (Wildman–Crippen MR) is 103 cm³/mol. The van der Waals surface area contributed by atoms with Crippen LogP contribution in [0.1, 0.15) is 25.8 Å². The molecule has 2 aromatic rings. The Labute approximate surface area is 155 Å². The van der Waals surface area contributed by atoms with E-state index in [1.54, 1.807) is 0 Å². The maximum Gasteiger partial charge on any atom is 0.224 e. The molecule has 5 nitrogen and oxygen atoms in total. The Bertz CT molecular complexity index is 798. The number of aromatic nitrogens is 1. The number of morpholine rings is 1. The van der Waals surface area contributed by atoms with Crippen molar-refractivity contribution in [1.82, 2.24) is 14.8 Å². The smallest absolute Gasteiger partial charge is 0.224 e. The van der Waals surface area contributed by atoms with Crippen LogP contribution in [0.3, 0.4) is 0 Å². The number of rotatable bonds is 4. The normalized spacial score (nSPS) is 26.4. The van der Waals surface area contributed by atoms with E-state index in [9.17, 15) is 4.79 Å². The van der Waals surface area contributed by atoms with Crippen LogP contribution >= 0.6 is 0 Å². The van der Waals surface area contributed by atoms with E-state index in [4.69, 9.17) is 4.74 Å². The van der Waals surface area contributed by atoms with E-state index >= 15 is 0 Å². The number of benzene rings is 1. The summed E-state index contributed by atoms with van der Waals surface area (Å²) in [6, 6.07) is 8.94. The van der Waals surface area contributed by atoms with Crippen LogP contribution in [-0.4, -0.2) is 53.3 Å². The Morgan fingerprint density at radius 1 is 1.31 bits per heavy atom. The number of aryl methyl sites for hydroxylation is 1. The van der Waals surface area contributed by atoms with E-state index in [1.165, 1.54) is 10.9 Å². The van der Waals surface area contributed by atoms with E-state index in [2.05, 4.69) is 47.0 Å². The summed E-state index contributed by atoms with van der Waals surface area (Å²) in [6.07, 6.45) is 3.82. The molecule has 2 fully saturated rings. The number of nitrogens with zero attached hydrogens (tertiary/aromatic N) is 2. The average Bonchev–Trinajstić information content (AvgIpc) is 3.15. The van der Waals surface area contributed by atoms with Crippen LogP contribution < -0.4 is 5.32 Å². The molecule has 26 heavy (non-hydrogen) atoms. The van der Waals surface area contributed by atoms with Gasteiger partial charge in [0.15, 0.2) is 0 Å². The van der Waals surface area contributed by atoms with Crippen molar-refractivity contribution in [3.63, 3.8) is 0 Å². The zero-order valence-electron chi connectivity index (χ0n) is 15.9. The molecule has 0 spiro atoms. The summed E-state index contributed by atoms with van der Waals surface area (Å²) in [7, 11) is 2.03. The zero-order chi connectivity index (χ0) is 18.3. The number of ether oxygens (including phenoxy) is 1. The number of para-hydroxylation sites is 1. The number of fused-ring (bicyclic) bond motifs is 2. The molecule has 140 valence electrons. The lowest BCUT2D eigenvalue weighted by Crippen LogP contribution is -2.48. The van der Waals surface area contributed by atoms with Crippen molar-refractivity contribution in [3.8, 4) is 0 Å². The van der Waals surface area contributed by atoms with Crippen molar-refractivity contribution in [1.29, 1.82) is 0 Å². The van der Waals surface area contributed by atoms with Gasteiger partial charge in [0.25, 0.3) is 0 Å².